The number of hydrogen-bond donors (Lipinski definition) is 1. The van der Waals surface area contributed by atoms with Crippen molar-refractivity contribution in [2.24, 2.45) is 0 Å². The second-order valence-electron chi connectivity index (χ2n) is 5.99. The highest BCUT2D eigenvalue weighted by molar-refractivity contribution is 5.84. The average molecular weight is 303 g/mol. The lowest BCUT2D eigenvalue weighted by atomic mass is 9.84. The van der Waals surface area contributed by atoms with Gasteiger partial charge in [-0.05, 0) is 36.9 Å². The first-order valence-corrected chi connectivity index (χ1v) is 7.86. The zero-order valence-electron chi connectivity index (χ0n) is 12.7. The quantitative estimate of drug-likeness (QED) is 0.818. The predicted molar refractivity (Wildman–Crippen MR) is 89.5 cm³/mol. The highest BCUT2D eigenvalue weighted by Crippen LogP contribution is 2.42. The molecule has 2 aliphatic rings. The summed E-state index contributed by atoms with van der Waals surface area (Å²) in [7, 11) is 0. The minimum absolute atomic E-state index is 0.243. The number of pyridine rings is 1. The van der Waals surface area contributed by atoms with Crippen molar-refractivity contribution < 1.29 is 4.74 Å². The zero-order valence-corrected chi connectivity index (χ0v) is 12.7. The van der Waals surface area contributed by atoms with Gasteiger partial charge in [-0.3, -0.25) is 0 Å². The molecule has 1 saturated heterocycles. The van der Waals surface area contributed by atoms with Gasteiger partial charge in [-0.25, -0.2) is 0 Å². The molecule has 0 atom stereocenters. The van der Waals surface area contributed by atoms with Crippen molar-refractivity contribution in [2.75, 3.05) is 13.1 Å². The number of nitrogens with zero attached hydrogens (tertiary/aromatic N) is 2. The van der Waals surface area contributed by atoms with Gasteiger partial charge in [0.05, 0.1) is 0 Å². The Labute approximate surface area is 135 Å². The highest BCUT2D eigenvalue weighted by Gasteiger charge is 2.37. The van der Waals surface area contributed by atoms with E-state index in [-0.39, 0.29) is 5.60 Å². The number of nitrogens with one attached hydrogen (secondary N) is 1. The molecule has 0 saturated carbocycles. The van der Waals surface area contributed by atoms with E-state index in [1.165, 1.54) is 0 Å². The molecule has 4 nitrogen and oxygen atoms in total. The molecule has 1 fully saturated rings. The summed E-state index contributed by atoms with van der Waals surface area (Å²) in [6, 6.07) is 11.9. The fourth-order valence-corrected chi connectivity index (χ4v) is 3.31. The van der Waals surface area contributed by atoms with Gasteiger partial charge >= 0.3 is 0 Å². The van der Waals surface area contributed by atoms with Crippen LogP contribution in [0.4, 0.5) is 5.82 Å². The lowest BCUT2D eigenvalue weighted by Gasteiger charge is -2.39. The van der Waals surface area contributed by atoms with Gasteiger partial charge in [-0.2, -0.15) is 0 Å². The number of hydrogen-bond acceptors (Lipinski definition) is 3. The summed E-state index contributed by atoms with van der Waals surface area (Å²) in [5, 5.41) is 3.40. The maximum atomic E-state index is 7.05. The fraction of sp³-hybridized carbons (Fsp3) is 0.263. The molecule has 2 aliphatic heterocycles. The topological polar surface area (TPSA) is 38.5 Å². The molecule has 0 radical (unpaired) electrons. The van der Waals surface area contributed by atoms with Crippen LogP contribution in [0.1, 0.15) is 24.0 Å². The van der Waals surface area contributed by atoms with Crippen LogP contribution in [0.15, 0.2) is 48.7 Å². The van der Waals surface area contributed by atoms with Crippen LogP contribution in [-0.4, -0.2) is 23.7 Å². The summed E-state index contributed by atoms with van der Waals surface area (Å²) in [6.07, 6.45) is 5.96. The Morgan fingerprint density at radius 1 is 1.13 bits per heavy atom. The highest BCUT2D eigenvalue weighted by atomic mass is 16.5. The van der Waals surface area contributed by atoms with Crippen LogP contribution in [0.25, 0.3) is 10.4 Å². The van der Waals surface area contributed by atoms with Crippen molar-refractivity contribution in [3.05, 3.63) is 71.2 Å². The lowest BCUT2D eigenvalue weighted by molar-refractivity contribution is 0.0817. The molecule has 4 heteroatoms. The third-order valence-corrected chi connectivity index (χ3v) is 4.52. The normalized spacial score (nSPS) is 18.5. The number of piperidine rings is 1. The van der Waals surface area contributed by atoms with Crippen molar-refractivity contribution in [3.63, 3.8) is 0 Å². The summed E-state index contributed by atoms with van der Waals surface area (Å²) < 4.78 is 6.37. The van der Waals surface area contributed by atoms with Crippen molar-refractivity contribution in [1.29, 1.82) is 0 Å². The first kappa shape index (κ1) is 14.0. The molecular formula is C19H17N3O. The molecular weight excluding hydrogens is 286 g/mol. The van der Waals surface area contributed by atoms with Crippen LogP contribution >= 0.6 is 0 Å². The molecule has 23 heavy (non-hydrogen) atoms. The molecule has 4 rings (SSSR count). The van der Waals surface area contributed by atoms with Crippen LogP contribution in [0, 0.1) is 6.57 Å². The third kappa shape index (κ3) is 2.49. The summed E-state index contributed by atoms with van der Waals surface area (Å²) in [5.41, 5.74) is 3.03. The van der Waals surface area contributed by atoms with Crippen molar-refractivity contribution in [3.8, 4) is 5.75 Å². The summed E-state index contributed by atoms with van der Waals surface area (Å²) in [6.45, 7) is 8.97. The second kappa shape index (κ2) is 5.53. The maximum Gasteiger partial charge on any atom is 0.269 e. The largest absolute Gasteiger partial charge is 0.482 e. The van der Waals surface area contributed by atoms with E-state index in [2.05, 4.69) is 27.3 Å². The molecule has 114 valence electrons. The Hall–Kier alpha value is -2.64. The summed E-state index contributed by atoms with van der Waals surface area (Å²) in [4.78, 5) is 7.60. The molecule has 1 aromatic heterocycles. The number of fused-ring (bicyclic) bond motifs is 1. The van der Waals surface area contributed by atoms with E-state index in [1.807, 2.05) is 24.3 Å². The smallest absolute Gasteiger partial charge is 0.269 e. The monoisotopic (exact) mass is 303 g/mol. The molecule has 1 spiro atoms. The van der Waals surface area contributed by atoms with Gasteiger partial charge in [0, 0.05) is 24.0 Å². The van der Waals surface area contributed by atoms with Gasteiger partial charge in [0.15, 0.2) is 0 Å². The minimum Gasteiger partial charge on any atom is -0.482 e. The van der Waals surface area contributed by atoms with E-state index in [4.69, 9.17) is 11.3 Å². The molecule has 1 N–H and O–H groups in total. The second-order valence-corrected chi connectivity index (χ2v) is 5.99. The molecule has 1 aromatic carbocycles. The summed E-state index contributed by atoms with van der Waals surface area (Å²) in [5.74, 6) is 1.35. The van der Waals surface area contributed by atoms with E-state index in [0.717, 1.165) is 48.4 Å². The van der Waals surface area contributed by atoms with Crippen molar-refractivity contribution in [2.45, 2.75) is 18.4 Å². The molecule has 0 amide bonds. The number of rotatable bonds is 1. The first-order chi connectivity index (χ1) is 11.3. The molecule has 3 heterocycles. The number of para-hydroxylation sites is 1. The van der Waals surface area contributed by atoms with E-state index in [9.17, 15) is 0 Å². The Morgan fingerprint density at radius 3 is 2.70 bits per heavy atom. The van der Waals surface area contributed by atoms with Crippen LogP contribution in [-0.2, 0) is 0 Å². The van der Waals surface area contributed by atoms with Gasteiger partial charge in [0.25, 0.3) is 5.82 Å². The molecule has 0 unspecified atom stereocenters. The van der Waals surface area contributed by atoms with Gasteiger partial charge in [-0.1, -0.05) is 30.8 Å². The molecule has 0 aliphatic carbocycles. The average Bonchev–Trinajstić information content (AvgIpc) is 2.62. The number of aromatic nitrogens is 1. The number of benzene rings is 1. The van der Waals surface area contributed by atoms with E-state index < -0.39 is 0 Å². The van der Waals surface area contributed by atoms with Crippen LogP contribution in [0.3, 0.4) is 0 Å². The van der Waals surface area contributed by atoms with E-state index >= 15 is 0 Å². The Kier molecular flexibility index (Phi) is 3.36. The maximum absolute atomic E-state index is 7.05. The van der Waals surface area contributed by atoms with Gasteiger partial charge in [0.1, 0.15) is 17.5 Å². The Balaban J connectivity index is 1.84. The van der Waals surface area contributed by atoms with Gasteiger partial charge in [-0.15, -0.1) is 4.98 Å². The lowest BCUT2D eigenvalue weighted by Crippen LogP contribution is -2.46. The molecule has 0 bridgehead atoms. The fourth-order valence-electron chi connectivity index (χ4n) is 3.31. The Bertz CT molecular complexity index is 796. The van der Waals surface area contributed by atoms with E-state index in [1.54, 1.807) is 12.3 Å². The number of ether oxygens (including phenoxy) is 1. The van der Waals surface area contributed by atoms with Crippen molar-refractivity contribution >= 4 is 11.4 Å². The van der Waals surface area contributed by atoms with Gasteiger partial charge in [0.2, 0.25) is 0 Å². The SMILES string of the molecule is [C-]#[N+]c1ccc(C2=CC3(CCNCC3)Oc3ccccc32)cn1. The van der Waals surface area contributed by atoms with E-state index in [0.29, 0.717) is 5.82 Å². The van der Waals surface area contributed by atoms with Crippen LogP contribution < -0.4 is 10.1 Å². The van der Waals surface area contributed by atoms with Crippen molar-refractivity contribution in [1.82, 2.24) is 10.3 Å². The first-order valence-electron chi connectivity index (χ1n) is 7.86. The third-order valence-electron chi connectivity index (χ3n) is 4.52. The van der Waals surface area contributed by atoms with Crippen LogP contribution in [0.5, 0.6) is 5.75 Å². The van der Waals surface area contributed by atoms with Crippen LogP contribution in [0.2, 0.25) is 0 Å². The minimum atomic E-state index is -0.243. The standard InChI is InChI=1S/C19H17N3O/c1-20-18-7-6-14(13-22-18)16-12-19(8-10-21-11-9-19)23-17-5-3-2-4-15(16)17/h2-7,12-13,21H,8-11H2. The Morgan fingerprint density at radius 2 is 1.96 bits per heavy atom. The zero-order chi connectivity index (χ0) is 15.7. The van der Waals surface area contributed by atoms with Gasteiger partial charge < -0.3 is 14.9 Å². The molecule has 2 aromatic rings. The summed E-state index contributed by atoms with van der Waals surface area (Å²) >= 11 is 0. The predicted octanol–water partition coefficient (Wildman–Crippen LogP) is 3.58.